The summed E-state index contributed by atoms with van der Waals surface area (Å²) < 4.78 is 5.34. The predicted octanol–water partition coefficient (Wildman–Crippen LogP) is 2.80. The maximum absolute atomic E-state index is 5.34. The van der Waals surface area contributed by atoms with Gasteiger partial charge in [0.1, 0.15) is 5.76 Å². The lowest BCUT2D eigenvalue weighted by Gasteiger charge is -2.30. The highest BCUT2D eigenvalue weighted by Gasteiger charge is 2.26. The van der Waals surface area contributed by atoms with E-state index in [1.165, 1.54) is 18.4 Å². The van der Waals surface area contributed by atoms with Crippen LogP contribution in [0.5, 0.6) is 0 Å². The molecule has 0 spiro atoms. The molecule has 1 fully saturated rings. The molecule has 0 atom stereocenters. The van der Waals surface area contributed by atoms with Gasteiger partial charge in [-0.05, 0) is 38.3 Å². The molecule has 18 heavy (non-hydrogen) atoms. The summed E-state index contributed by atoms with van der Waals surface area (Å²) in [6.45, 7) is 9.87. The summed E-state index contributed by atoms with van der Waals surface area (Å²) in [5.41, 5.74) is 1.61. The molecule has 3 heteroatoms. The number of rotatable bonds is 7. The van der Waals surface area contributed by atoms with Crippen molar-refractivity contribution in [3.8, 4) is 0 Å². The minimum Gasteiger partial charge on any atom is -0.469 e. The first-order valence-electron chi connectivity index (χ1n) is 6.91. The standard InChI is InChI=1S/C15H26N2O/c1-12-13(7-8-18-12)9-17(4)11-15(2,3)10-16-14-5-6-14/h7-8,14,16H,5-6,9-11H2,1-4H3. The number of nitrogens with zero attached hydrogens (tertiary/aromatic N) is 1. The molecule has 0 aliphatic heterocycles. The van der Waals surface area contributed by atoms with Gasteiger partial charge >= 0.3 is 0 Å². The van der Waals surface area contributed by atoms with Crippen molar-refractivity contribution >= 4 is 0 Å². The first kappa shape index (κ1) is 13.6. The summed E-state index contributed by atoms with van der Waals surface area (Å²) in [4.78, 5) is 2.38. The molecule has 1 heterocycles. The maximum Gasteiger partial charge on any atom is 0.105 e. The summed E-state index contributed by atoms with van der Waals surface area (Å²) in [6, 6.07) is 2.87. The highest BCUT2D eigenvalue weighted by Crippen LogP contribution is 2.23. The van der Waals surface area contributed by atoms with E-state index in [-0.39, 0.29) is 0 Å². The molecule has 0 aromatic carbocycles. The van der Waals surface area contributed by atoms with Crippen molar-refractivity contribution in [3.05, 3.63) is 23.7 Å². The van der Waals surface area contributed by atoms with Crippen LogP contribution in [0.2, 0.25) is 0 Å². The number of hydrogen-bond acceptors (Lipinski definition) is 3. The van der Waals surface area contributed by atoms with Gasteiger partial charge in [0.25, 0.3) is 0 Å². The average molecular weight is 250 g/mol. The van der Waals surface area contributed by atoms with Crippen LogP contribution < -0.4 is 5.32 Å². The Morgan fingerprint density at radius 2 is 2.17 bits per heavy atom. The molecular weight excluding hydrogens is 224 g/mol. The van der Waals surface area contributed by atoms with Crippen molar-refractivity contribution in [1.82, 2.24) is 10.2 Å². The van der Waals surface area contributed by atoms with Gasteiger partial charge in [-0.1, -0.05) is 13.8 Å². The van der Waals surface area contributed by atoms with Crippen molar-refractivity contribution in [2.24, 2.45) is 5.41 Å². The average Bonchev–Trinajstić information content (AvgIpc) is 3.01. The lowest BCUT2D eigenvalue weighted by Crippen LogP contribution is -2.39. The van der Waals surface area contributed by atoms with Gasteiger partial charge in [-0.15, -0.1) is 0 Å². The summed E-state index contributed by atoms with van der Waals surface area (Å²) in [6.07, 6.45) is 4.50. The Bertz CT molecular complexity index is 380. The molecule has 1 aromatic rings. The normalized spacial score (nSPS) is 16.5. The van der Waals surface area contributed by atoms with Gasteiger partial charge in [0.15, 0.2) is 0 Å². The molecule has 0 saturated heterocycles. The fourth-order valence-electron chi connectivity index (χ4n) is 2.42. The third-order valence-electron chi connectivity index (χ3n) is 3.55. The summed E-state index contributed by atoms with van der Waals surface area (Å²) in [5, 5.41) is 3.63. The van der Waals surface area contributed by atoms with Crippen LogP contribution in [0.1, 0.15) is 38.0 Å². The van der Waals surface area contributed by atoms with Gasteiger partial charge < -0.3 is 14.6 Å². The summed E-state index contributed by atoms with van der Waals surface area (Å²) in [5.74, 6) is 1.04. The number of aryl methyl sites for hydroxylation is 1. The first-order chi connectivity index (χ1) is 8.46. The van der Waals surface area contributed by atoms with Gasteiger partial charge in [-0.3, -0.25) is 0 Å². The van der Waals surface area contributed by atoms with E-state index >= 15 is 0 Å². The molecule has 0 bridgehead atoms. The Balaban J connectivity index is 1.78. The highest BCUT2D eigenvalue weighted by atomic mass is 16.3. The van der Waals surface area contributed by atoms with E-state index in [9.17, 15) is 0 Å². The molecule has 0 radical (unpaired) electrons. The second-order valence-electron chi connectivity index (χ2n) is 6.49. The molecule has 1 N–H and O–H groups in total. The van der Waals surface area contributed by atoms with Crippen LogP contribution in [0, 0.1) is 12.3 Å². The van der Waals surface area contributed by atoms with Crippen molar-refractivity contribution in [2.75, 3.05) is 20.1 Å². The fourth-order valence-corrected chi connectivity index (χ4v) is 2.42. The molecule has 1 saturated carbocycles. The topological polar surface area (TPSA) is 28.4 Å². The van der Waals surface area contributed by atoms with Gasteiger partial charge in [0.2, 0.25) is 0 Å². The zero-order chi connectivity index (χ0) is 13.2. The minimum absolute atomic E-state index is 0.314. The number of nitrogens with one attached hydrogen (secondary N) is 1. The molecule has 102 valence electrons. The molecular formula is C15H26N2O. The van der Waals surface area contributed by atoms with Gasteiger partial charge in [0.05, 0.1) is 6.26 Å². The van der Waals surface area contributed by atoms with E-state index < -0.39 is 0 Å². The van der Waals surface area contributed by atoms with Crippen LogP contribution in [0.3, 0.4) is 0 Å². The largest absolute Gasteiger partial charge is 0.469 e. The first-order valence-corrected chi connectivity index (χ1v) is 6.91. The van der Waals surface area contributed by atoms with E-state index in [1.807, 2.05) is 6.92 Å². The second kappa shape index (κ2) is 5.45. The zero-order valence-electron chi connectivity index (χ0n) is 12.1. The van der Waals surface area contributed by atoms with E-state index in [4.69, 9.17) is 4.42 Å². The summed E-state index contributed by atoms with van der Waals surface area (Å²) >= 11 is 0. The van der Waals surface area contributed by atoms with Crippen LogP contribution >= 0.6 is 0 Å². The van der Waals surface area contributed by atoms with Gasteiger partial charge in [-0.2, -0.15) is 0 Å². The molecule has 3 nitrogen and oxygen atoms in total. The Kier molecular flexibility index (Phi) is 4.13. The van der Waals surface area contributed by atoms with Crippen LogP contribution in [-0.4, -0.2) is 31.1 Å². The van der Waals surface area contributed by atoms with Gasteiger partial charge in [-0.25, -0.2) is 0 Å². The van der Waals surface area contributed by atoms with Crippen LogP contribution in [-0.2, 0) is 6.54 Å². The minimum atomic E-state index is 0.314. The van der Waals surface area contributed by atoms with Crippen molar-refractivity contribution in [2.45, 2.75) is 46.2 Å². The SMILES string of the molecule is Cc1occc1CN(C)CC(C)(C)CNC1CC1. The van der Waals surface area contributed by atoms with Crippen molar-refractivity contribution in [3.63, 3.8) is 0 Å². The Hall–Kier alpha value is -0.800. The summed E-state index contributed by atoms with van der Waals surface area (Å²) in [7, 11) is 2.19. The lowest BCUT2D eigenvalue weighted by molar-refractivity contribution is 0.197. The molecule has 0 amide bonds. The van der Waals surface area contributed by atoms with Crippen molar-refractivity contribution < 1.29 is 4.42 Å². The number of furan rings is 1. The van der Waals surface area contributed by atoms with E-state index in [1.54, 1.807) is 6.26 Å². The number of hydrogen-bond donors (Lipinski definition) is 1. The molecule has 0 unspecified atom stereocenters. The highest BCUT2D eigenvalue weighted by molar-refractivity contribution is 5.15. The smallest absolute Gasteiger partial charge is 0.105 e. The van der Waals surface area contributed by atoms with Gasteiger partial charge in [0, 0.05) is 31.2 Å². The van der Waals surface area contributed by atoms with Crippen LogP contribution in [0.15, 0.2) is 16.7 Å². The van der Waals surface area contributed by atoms with Crippen molar-refractivity contribution in [1.29, 1.82) is 0 Å². The third kappa shape index (κ3) is 4.14. The predicted molar refractivity (Wildman–Crippen MR) is 74.6 cm³/mol. The lowest BCUT2D eigenvalue weighted by atomic mass is 9.92. The van der Waals surface area contributed by atoms with E-state index in [0.29, 0.717) is 5.41 Å². The Labute approximate surface area is 111 Å². The third-order valence-corrected chi connectivity index (χ3v) is 3.55. The fraction of sp³-hybridized carbons (Fsp3) is 0.733. The van der Waals surface area contributed by atoms with Crippen LogP contribution in [0.25, 0.3) is 0 Å². The monoisotopic (exact) mass is 250 g/mol. The van der Waals surface area contributed by atoms with Crippen LogP contribution in [0.4, 0.5) is 0 Å². The Morgan fingerprint density at radius 3 is 2.72 bits per heavy atom. The zero-order valence-corrected chi connectivity index (χ0v) is 12.1. The second-order valence-corrected chi connectivity index (χ2v) is 6.49. The quantitative estimate of drug-likeness (QED) is 0.806. The van der Waals surface area contributed by atoms with E-state index in [2.05, 4.69) is 37.2 Å². The molecule has 1 aromatic heterocycles. The molecule has 1 aliphatic carbocycles. The molecule has 2 rings (SSSR count). The molecule has 1 aliphatic rings. The Morgan fingerprint density at radius 1 is 1.44 bits per heavy atom. The maximum atomic E-state index is 5.34. The van der Waals surface area contributed by atoms with E-state index in [0.717, 1.165) is 31.4 Å².